The zero-order chi connectivity index (χ0) is 19.4. The van der Waals surface area contributed by atoms with Crippen LogP contribution in [0, 0.1) is 21.4 Å². The predicted molar refractivity (Wildman–Crippen MR) is 103 cm³/mol. The molecule has 0 unspecified atom stereocenters. The Morgan fingerprint density at radius 3 is 2.59 bits per heavy atom. The Morgan fingerprint density at radius 2 is 1.93 bits per heavy atom. The molecular formula is C19H17ClN4O3. The lowest BCUT2D eigenvalue weighted by Crippen LogP contribution is -2.31. The van der Waals surface area contributed by atoms with Crippen molar-refractivity contribution in [3.63, 3.8) is 0 Å². The zero-order valence-electron chi connectivity index (χ0n) is 14.4. The standard InChI is InChI=1S/C19H17ClN4O3/c20-17-6-4-14(10-13(17)12-21)22-19(25)16-11-15(24(26)27)5-7-18(16)23-8-2-1-3-9-23/h4-7,10-11H,1-3,8-9H2,(H,22,25). The fourth-order valence-corrected chi connectivity index (χ4v) is 3.28. The monoisotopic (exact) mass is 384 g/mol. The van der Waals surface area contributed by atoms with Gasteiger partial charge in [0, 0.05) is 30.9 Å². The summed E-state index contributed by atoms with van der Waals surface area (Å²) < 4.78 is 0. The number of hydrogen-bond donors (Lipinski definition) is 1. The van der Waals surface area contributed by atoms with Crippen molar-refractivity contribution in [2.45, 2.75) is 19.3 Å². The van der Waals surface area contributed by atoms with E-state index in [0.29, 0.717) is 16.4 Å². The Labute approximate surface area is 161 Å². The molecule has 2 aromatic carbocycles. The van der Waals surface area contributed by atoms with Crippen LogP contribution in [-0.4, -0.2) is 23.9 Å². The number of hydrogen-bond acceptors (Lipinski definition) is 5. The molecule has 1 N–H and O–H groups in total. The fourth-order valence-electron chi connectivity index (χ4n) is 3.12. The highest BCUT2D eigenvalue weighted by atomic mass is 35.5. The van der Waals surface area contributed by atoms with Crippen molar-refractivity contribution < 1.29 is 9.72 Å². The summed E-state index contributed by atoms with van der Waals surface area (Å²) in [5, 5.41) is 23.2. The smallest absolute Gasteiger partial charge is 0.270 e. The molecule has 138 valence electrons. The molecule has 0 spiro atoms. The number of rotatable bonds is 4. The first-order valence-corrected chi connectivity index (χ1v) is 8.92. The number of benzene rings is 2. The van der Waals surface area contributed by atoms with Gasteiger partial charge in [0.25, 0.3) is 11.6 Å². The van der Waals surface area contributed by atoms with Crippen LogP contribution in [0.25, 0.3) is 0 Å². The molecule has 1 heterocycles. The van der Waals surface area contributed by atoms with Crippen molar-refractivity contribution in [3.8, 4) is 6.07 Å². The number of halogens is 1. The molecule has 0 saturated carbocycles. The topological polar surface area (TPSA) is 99.3 Å². The number of non-ortho nitro benzene ring substituents is 1. The molecule has 8 heteroatoms. The second-order valence-corrected chi connectivity index (χ2v) is 6.67. The van der Waals surface area contributed by atoms with Crippen LogP contribution in [0.4, 0.5) is 17.1 Å². The Kier molecular flexibility index (Phi) is 5.57. The number of anilines is 2. The molecule has 2 aromatic rings. The molecule has 3 rings (SSSR count). The van der Waals surface area contributed by atoms with Crippen molar-refractivity contribution in [3.05, 3.63) is 62.7 Å². The van der Waals surface area contributed by atoms with E-state index in [1.54, 1.807) is 12.1 Å². The fraction of sp³-hybridized carbons (Fsp3) is 0.263. The van der Waals surface area contributed by atoms with Gasteiger partial charge in [-0.25, -0.2) is 0 Å². The van der Waals surface area contributed by atoms with E-state index in [-0.39, 0.29) is 16.8 Å². The molecule has 1 amide bonds. The zero-order valence-corrected chi connectivity index (χ0v) is 15.2. The van der Waals surface area contributed by atoms with Gasteiger partial charge in [-0.15, -0.1) is 0 Å². The first kappa shape index (κ1) is 18.7. The van der Waals surface area contributed by atoms with E-state index in [1.807, 2.05) is 6.07 Å². The second kappa shape index (κ2) is 8.06. The summed E-state index contributed by atoms with van der Waals surface area (Å²) in [6, 6.07) is 10.9. The summed E-state index contributed by atoms with van der Waals surface area (Å²) >= 11 is 5.92. The lowest BCUT2D eigenvalue weighted by atomic mass is 10.1. The van der Waals surface area contributed by atoms with Crippen molar-refractivity contribution in [1.82, 2.24) is 0 Å². The highest BCUT2D eigenvalue weighted by Gasteiger charge is 2.22. The van der Waals surface area contributed by atoms with E-state index < -0.39 is 10.8 Å². The van der Waals surface area contributed by atoms with E-state index in [2.05, 4.69) is 10.2 Å². The number of nitrogens with zero attached hydrogens (tertiary/aromatic N) is 3. The first-order chi connectivity index (χ1) is 13.0. The summed E-state index contributed by atoms with van der Waals surface area (Å²) in [7, 11) is 0. The minimum atomic E-state index is -0.521. The Hall–Kier alpha value is -3.11. The van der Waals surface area contributed by atoms with Gasteiger partial charge in [0.2, 0.25) is 0 Å². The van der Waals surface area contributed by atoms with Crippen LogP contribution in [0.5, 0.6) is 0 Å². The van der Waals surface area contributed by atoms with Crippen LogP contribution in [-0.2, 0) is 0 Å². The summed E-state index contributed by atoms with van der Waals surface area (Å²) in [5.74, 6) is -0.467. The van der Waals surface area contributed by atoms with Crippen LogP contribution < -0.4 is 10.2 Å². The predicted octanol–water partition coefficient (Wildman–Crippen LogP) is 4.36. The maximum atomic E-state index is 12.9. The minimum absolute atomic E-state index is 0.144. The molecular weight excluding hydrogens is 368 g/mol. The number of carbonyl (C=O) groups is 1. The molecule has 0 bridgehead atoms. The number of piperidine rings is 1. The lowest BCUT2D eigenvalue weighted by molar-refractivity contribution is -0.384. The molecule has 0 aliphatic carbocycles. The summed E-state index contributed by atoms with van der Waals surface area (Å²) in [5.41, 5.74) is 1.41. The van der Waals surface area contributed by atoms with Gasteiger partial charge in [0.1, 0.15) is 6.07 Å². The number of nitro groups is 1. The first-order valence-electron chi connectivity index (χ1n) is 8.54. The van der Waals surface area contributed by atoms with E-state index in [4.69, 9.17) is 16.9 Å². The minimum Gasteiger partial charge on any atom is -0.371 e. The molecule has 1 fully saturated rings. The van der Waals surface area contributed by atoms with Gasteiger partial charge < -0.3 is 10.2 Å². The third-order valence-electron chi connectivity index (χ3n) is 4.48. The van der Waals surface area contributed by atoms with Gasteiger partial charge in [-0.2, -0.15) is 5.26 Å². The van der Waals surface area contributed by atoms with Gasteiger partial charge >= 0.3 is 0 Å². The average Bonchev–Trinajstić information content (AvgIpc) is 2.69. The maximum absolute atomic E-state index is 12.9. The molecule has 0 atom stereocenters. The van der Waals surface area contributed by atoms with Crippen LogP contribution in [0.1, 0.15) is 35.2 Å². The summed E-state index contributed by atoms with van der Waals surface area (Å²) in [6.45, 7) is 1.61. The third kappa shape index (κ3) is 4.18. The number of nitro benzene ring substituents is 1. The van der Waals surface area contributed by atoms with Crippen molar-refractivity contribution in [1.29, 1.82) is 5.26 Å². The molecule has 0 radical (unpaired) electrons. The normalized spacial score (nSPS) is 13.7. The van der Waals surface area contributed by atoms with Crippen LogP contribution >= 0.6 is 11.6 Å². The van der Waals surface area contributed by atoms with Gasteiger partial charge in [0.15, 0.2) is 0 Å². The second-order valence-electron chi connectivity index (χ2n) is 6.27. The molecule has 27 heavy (non-hydrogen) atoms. The van der Waals surface area contributed by atoms with E-state index in [1.165, 1.54) is 24.3 Å². The van der Waals surface area contributed by atoms with E-state index >= 15 is 0 Å². The van der Waals surface area contributed by atoms with Crippen molar-refractivity contribution >= 4 is 34.6 Å². The number of nitriles is 1. The molecule has 1 aliphatic heterocycles. The Morgan fingerprint density at radius 1 is 1.19 bits per heavy atom. The average molecular weight is 385 g/mol. The summed E-state index contributed by atoms with van der Waals surface area (Å²) in [4.78, 5) is 25.6. The van der Waals surface area contributed by atoms with E-state index in [0.717, 1.165) is 32.4 Å². The van der Waals surface area contributed by atoms with Gasteiger partial charge in [0.05, 0.1) is 26.8 Å². The number of nitrogens with one attached hydrogen (secondary N) is 1. The van der Waals surface area contributed by atoms with Crippen LogP contribution in [0.3, 0.4) is 0 Å². The molecule has 1 aliphatic rings. The van der Waals surface area contributed by atoms with Crippen molar-refractivity contribution in [2.75, 3.05) is 23.3 Å². The molecule has 0 aromatic heterocycles. The SMILES string of the molecule is N#Cc1cc(NC(=O)c2cc([N+](=O)[O-])ccc2N2CCCCC2)ccc1Cl. The van der Waals surface area contributed by atoms with Gasteiger partial charge in [-0.1, -0.05) is 11.6 Å². The van der Waals surface area contributed by atoms with Crippen LogP contribution in [0.2, 0.25) is 5.02 Å². The largest absolute Gasteiger partial charge is 0.371 e. The maximum Gasteiger partial charge on any atom is 0.270 e. The molecule has 7 nitrogen and oxygen atoms in total. The Balaban J connectivity index is 1.95. The van der Waals surface area contributed by atoms with Crippen LogP contribution in [0.15, 0.2) is 36.4 Å². The quantitative estimate of drug-likeness (QED) is 0.623. The Bertz CT molecular complexity index is 933. The van der Waals surface area contributed by atoms with Crippen molar-refractivity contribution in [2.24, 2.45) is 0 Å². The number of amides is 1. The third-order valence-corrected chi connectivity index (χ3v) is 4.81. The summed E-state index contributed by atoms with van der Waals surface area (Å²) in [6.07, 6.45) is 3.16. The van der Waals surface area contributed by atoms with E-state index in [9.17, 15) is 14.9 Å². The van der Waals surface area contributed by atoms with Gasteiger partial charge in [-0.05, 0) is 43.5 Å². The molecule has 1 saturated heterocycles. The van der Waals surface area contributed by atoms with Gasteiger partial charge in [-0.3, -0.25) is 14.9 Å². The number of carbonyl (C=O) groups excluding carboxylic acids is 1. The highest BCUT2D eigenvalue weighted by Crippen LogP contribution is 2.29. The lowest BCUT2D eigenvalue weighted by Gasteiger charge is -2.30. The highest BCUT2D eigenvalue weighted by molar-refractivity contribution is 6.31.